The van der Waals surface area contributed by atoms with Crippen LogP contribution in [0.15, 0.2) is 0 Å². The van der Waals surface area contributed by atoms with Crippen LogP contribution in [0.2, 0.25) is 0 Å². The lowest BCUT2D eigenvalue weighted by Gasteiger charge is -2.41. The van der Waals surface area contributed by atoms with Crippen molar-refractivity contribution < 1.29 is 14.7 Å². The lowest BCUT2D eigenvalue weighted by molar-refractivity contribution is -0.934. The monoisotopic (exact) mass is 274 g/mol. The first kappa shape index (κ1) is 18.9. The van der Waals surface area contributed by atoms with Crippen molar-refractivity contribution in [2.24, 2.45) is 0 Å². The van der Waals surface area contributed by atoms with Crippen molar-refractivity contribution in [1.29, 1.82) is 0 Å². The number of aliphatic hydroxyl groups excluding tert-OH is 2. The number of rotatable bonds is 12. The van der Waals surface area contributed by atoms with Crippen molar-refractivity contribution in [2.75, 3.05) is 26.2 Å². The van der Waals surface area contributed by atoms with Gasteiger partial charge in [-0.25, -0.2) is 0 Å². The standard InChI is InChI=1S/C16H36NO2/c1-5-9-11-17(12-10-6-2,13-15(18)7-3)14-16(19)8-4/h15-16,18-19H,5-14H2,1-4H3/q+1. The van der Waals surface area contributed by atoms with Crippen LogP contribution in [0.5, 0.6) is 0 Å². The zero-order chi connectivity index (χ0) is 14.7. The second kappa shape index (κ2) is 10.6. The number of nitrogens with zero attached hydrogens (tertiary/aromatic N) is 1. The number of hydrogen-bond acceptors (Lipinski definition) is 2. The van der Waals surface area contributed by atoms with Crippen molar-refractivity contribution in [1.82, 2.24) is 0 Å². The van der Waals surface area contributed by atoms with Gasteiger partial charge in [-0.1, -0.05) is 40.5 Å². The molecule has 2 unspecified atom stereocenters. The normalized spacial score (nSPS) is 15.5. The van der Waals surface area contributed by atoms with Gasteiger partial charge in [-0.3, -0.25) is 0 Å². The summed E-state index contributed by atoms with van der Waals surface area (Å²) >= 11 is 0. The lowest BCUT2D eigenvalue weighted by Crippen LogP contribution is -2.56. The highest BCUT2D eigenvalue weighted by molar-refractivity contribution is 4.59. The molecule has 0 rings (SSSR count). The summed E-state index contributed by atoms with van der Waals surface area (Å²) in [5.41, 5.74) is 0. The molecule has 0 amide bonds. The van der Waals surface area contributed by atoms with Gasteiger partial charge in [0, 0.05) is 0 Å². The smallest absolute Gasteiger partial charge is 0.105 e. The Morgan fingerprint density at radius 3 is 1.37 bits per heavy atom. The van der Waals surface area contributed by atoms with E-state index < -0.39 is 0 Å². The molecule has 0 aliphatic heterocycles. The van der Waals surface area contributed by atoms with E-state index in [0.29, 0.717) is 0 Å². The van der Waals surface area contributed by atoms with Crippen LogP contribution >= 0.6 is 0 Å². The predicted octanol–water partition coefficient (Wildman–Crippen LogP) is 2.95. The molecule has 3 nitrogen and oxygen atoms in total. The van der Waals surface area contributed by atoms with Crippen molar-refractivity contribution in [3.63, 3.8) is 0 Å². The summed E-state index contributed by atoms with van der Waals surface area (Å²) in [6.07, 6.45) is 5.84. The third-order valence-corrected chi connectivity index (χ3v) is 4.11. The zero-order valence-corrected chi connectivity index (χ0v) is 13.6. The van der Waals surface area contributed by atoms with Crippen LogP contribution in [0.4, 0.5) is 0 Å². The summed E-state index contributed by atoms with van der Waals surface area (Å²) in [7, 11) is 0. The summed E-state index contributed by atoms with van der Waals surface area (Å²) in [6, 6.07) is 0. The van der Waals surface area contributed by atoms with Gasteiger partial charge in [-0.05, 0) is 25.7 Å². The molecule has 3 heteroatoms. The van der Waals surface area contributed by atoms with Gasteiger partial charge < -0.3 is 14.7 Å². The first-order valence-corrected chi connectivity index (χ1v) is 8.24. The molecule has 0 saturated carbocycles. The third kappa shape index (κ3) is 7.91. The highest BCUT2D eigenvalue weighted by Gasteiger charge is 2.31. The van der Waals surface area contributed by atoms with E-state index >= 15 is 0 Å². The first-order chi connectivity index (χ1) is 9.03. The van der Waals surface area contributed by atoms with Gasteiger partial charge in [0.1, 0.15) is 25.3 Å². The Hall–Kier alpha value is -0.120. The molecule has 116 valence electrons. The molecule has 0 aliphatic carbocycles. The molecule has 0 aromatic rings. The van der Waals surface area contributed by atoms with Gasteiger partial charge in [-0.2, -0.15) is 0 Å². The van der Waals surface area contributed by atoms with E-state index in [0.717, 1.165) is 43.5 Å². The Bertz CT molecular complexity index is 187. The van der Waals surface area contributed by atoms with E-state index in [1.165, 1.54) is 25.7 Å². The van der Waals surface area contributed by atoms with Crippen LogP contribution in [0.1, 0.15) is 66.2 Å². The van der Waals surface area contributed by atoms with Gasteiger partial charge in [0.15, 0.2) is 0 Å². The summed E-state index contributed by atoms with van der Waals surface area (Å²) < 4.78 is 0.895. The molecule has 0 spiro atoms. The molecular weight excluding hydrogens is 238 g/mol. The molecule has 2 atom stereocenters. The maximum Gasteiger partial charge on any atom is 0.105 e. The van der Waals surface area contributed by atoms with Crippen LogP contribution in [0.25, 0.3) is 0 Å². The van der Waals surface area contributed by atoms with Crippen molar-refractivity contribution >= 4 is 0 Å². The molecule has 0 aliphatic rings. The highest BCUT2D eigenvalue weighted by Crippen LogP contribution is 2.17. The Balaban J connectivity index is 4.82. The largest absolute Gasteiger partial charge is 0.387 e. The molecule has 0 saturated heterocycles. The minimum absolute atomic E-state index is 0.238. The van der Waals surface area contributed by atoms with Crippen LogP contribution in [0, 0.1) is 0 Å². The Kier molecular flexibility index (Phi) is 10.6. The molecule has 0 fully saturated rings. The number of aliphatic hydroxyl groups is 2. The van der Waals surface area contributed by atoms with Crippen LogP contribution < -0.4 is 0 Å². The second-order valence-electron chi connectivity index (χ2n) is 5.99. The molecular formula is C16H36NO2+. The lowest BCUT2D eigenvalue weighted by atomic mass is 10.1. The van der Waals surface area contributed by atoms with Gasteiger partial charge in [0.25, 0.3) is 0 Å². The topological polar surface area (TPSA) is 40.5 Å². The maximum atomic E-state index is 10.1. The molecule has 0 aromatic carbocycles. The fourth-order valence-corrected chi connectivity index (χ4v) is 2.69. The van der Waals surface area contributed by atoms with Crippen molar-refractivity contribution in [2.45, 2.75) is 78.4 Å². The third-order valence-electron chi connectivity index (χ3n) is 4.11. The fraction of sp³-hybridized carbons (Fsp3) is 1.00. The van der Waals surface area contributed by atoms with E-state index in [1.807, 2.05) is 13.8 Å². The first-order valence-electron chi connectivity index (χ1n) is 8.24. The van der Waals surface area contributed by atoms with Gasteiger partial charge >= 0.3 is 0 Å². The van der Waals surface area contributed by atoms with E-state index in [1.54, 1.807) is 0 Å². The zero-order valence-electron chi connectivity index (χ0n) is 13.6. The van der Waals surface area contributed by atoms with Crippen LogP contribution in [-0.2, 0) is 0 Å². The maximum absolute atomic E-state index is 10.1. The van der Waals surface area contributed by atoms with Crippen LogP contribution in [0.3, 0.4) is 0 Å². The predicted molar refractivity (Wildman–Crippen MR) is 82.1 cm³/mol. The highest BCUT2D eigenvalue weighted by atomic mass is 16.3. The van der Waals surface area contributed by atoms with E-state index in [-0.39, 0.29) is 12.2 Å². The Labute approximate surface area is 120 Å². The van der Waals surface area contributed by atoms with Crippen molar-refractivity contribution in [3.05, 3.63) is 0 Å². The number of unbranched alkanes of at least 4 members (excludes halogenated alkanes) is 2. The van der Waals surface area contributed by atoms with Gasteiger partial charge in [0.05, 0.1) is 13.1 Å². The summed E-state index contributed by atoms with van der Waals surface area (Å²) in [6.45, 7) is 12.3. The second-order valence-corrected chi connectivity index (χ2v) is 5.99. The van der Waals surface area contributed by atoms with Gasteiger partial charge in [0.2, 0.25) is 0 Å². The van der Waals surface area contributed by atoms with Crippen molar-refractivity contribution in [3.8, 4) is 0 Å². The molecule has 0 heterocycles. The molecule has 19 heavy (non-hydrogen) atoms. The fourth-order valence-electron chi connectivity index (χ4n) is 2.69. The van der Waals surface area contributed by atoms with E-state index in [9.17, 15) is 10.2 Å². The Morgan fingerprint density at radius 2 is 1.11 bits per heavy atom. The minimum Gasteiger partial charge on any atom is -0.387 e. The molecule has 0 aromatic heterocycles. The van der Waals surface area contributed by atoms with Crippen LogP contribution in [-0.4, -0.2) is 53.1 Å². The van der Waals surface area contributed by atoms with Gasteiger partial charge in [-0.15, -0.1) is 0 Å². The average Bonchev–Trinajstić information content (AvgIpc) is 2.42. The average molecular weight is 274 g/mol. The number of hydrogen-bond donors (Lipinski definition) is 2. The molecule has 0 bridgehead atoms. The quantitative estimate of drug-likeness (QED) is 0.537. The Morgan fingerprint density at radius 1 is 0.737 bits per heavy atom. The summed E-state index contributed by atoms with van der Waals surface area (Å²) in [4.78, 5) is 0. The minimum atomic E-state index is -0.238. The van der Waals surface area contributed by atoms with E-state index in [4.69, 9.17) is 0 Å². The SMILES string of the molecule is CCCC[N+](CCCC)(CC(O)CC)CC(O)CC. The molecule has 0 radical (unpaired) electrons. The van der Waals surface area contributed by atoms with E-state index in [2.05, 4.69) is 13.8 Å². The molecule has 2 N–H and O–H groups in total. The summed E-state index contributed by atoms with van der Waals surface area (Å²) in [5.74, 6) is 0. The summed E-state index contributed by atoms with van der Waals surface area (Å²) in [5, 5.41) is 20.2. The number of quaternary nitrogens is 1.